The van der Waals surface area contributed by atoms with Gasteiger partial charge in [0.15, 0.2) is 6.10 Å². The predicted molar refractivity (Wildman–Crippen MR) is 97.8 cm³/mol. The van der Waals surface area contributed by atoms with Crippen LogP contribution in [0.5, 0.6) is 0 Å². The monoisotopic (exact) mass is 396 g/mol. The van der Waals surface area contributed by atoms with Gasteiger partial charge in [0.25, 0.3) is 11.6 Å². The molecule has 0 saturated heterocycles. The second-order valence-electron chi connectivity index (χ2n) is 5.40. The van der Waals surface area contributed by atoms with Crippen molar-refractivity contribution in [2.24, 2.45) is 0 Å². The summed E-state index contributed by atoms with van der Waals surface area (Å²) in [6, 6.07) is 8.55. The van der Waals surface area contributed by atoms with Gasteiger partial charge in [-0.1, -0.05) is 29.3 Å². The standard InChI is InChI=1S/C17H14Cl2N2O5/c1-9-8-11(6-7-14(9)21(24)25)17(23)26-10(2)16(22)20-13-5-3-4-12(18)15(13)19/h3-8,10H,1-2H3,(H,20,22). The van der Waals surface area contributed by atoms with Gasteiger partial charge >= 0.3 is 5.97 Å². The van der Waals surface area contributed by atoms with Gasteiger partial charge in [-0.25, -0.2) is 4.79 Å². The Morgan fingerprint density at radius 3 is 2.54 bits per heavy atom. The van der Waals surface area contributed by atoms with Gasteiger partial charge in [0, 0.05) is 11.6 Å². The third-order valence-corrected chi connectivity index (χ3v) is 4.31. The number of esters is 1. The number of benzene rings is 2. The molecule has 0 aliphatic heterocycles. The maximum absolute atomic E-state index is 12.2. The molecule has 9 heteroatoms. The fourth-order valence-corrected chi connectivity index (χ4v) is 2.45. The Balaban J connectivity index is 2.06. The highest BCUT2D eigenvalue weighted by molar-refractivity contribution is 6.44. The molecule has 1 unspecified atom stereocenters. The summed E-state index contributed by atoms with van der Waals surface area (Å²) in [7, 11) is 0. The number of aryl methyl sites for hydroxylation is 1. The van der Waals surface area contributed by atoms with Crippen molar-refractivity contribution in [2.45, 2.75) is 20.0 Å². The first kappa shape index (κ1) is 19.7. The van der Waals surface area contributed by atoms with Gasteiger partial charge in [-0.15, -0.1) is 0 Å². The summed E-state index contributed by atoms with van der Waals surface area (Å²) in [6.07, 6.45) is -1.12. The first-order valence-electron chi connectivity index (χ1n) is 7.41. The molecule has 0 fully saturated rings. The number of anilines is 1. The van der Waals surface area contributed by atoms with Crippen LogP contribution in [0.15, 0.2) is 36.4 Å². The molecule has 1 N–H and O–H groups in total. The lowest BCUT2D eigenvalue weighted by Gasteiger charge is -2.14. The van der Waals surface area contributed by atoms with E-state index in [9.17, 15) is 19.7 Å². The molecular weight excluding hydrogens is 383 g/mol. The number of carbonyl (C=O) groups is 2. The highest BCUT2D eigenvalue weighted by Gasteiger charge is 2.21. The Labute approximate surface area is 159 Å². The number of carbonyl (C=O) groups excluding carboxylic acids is 2. The summed E-state index contributed by atoms with van der Waals surface area (Å²) in [5.41, 5.74) is 0.599. The zero-order chi connectivity index (χ0) is 19.4. The van der Waals surface area contributed by atoms with Crippen LogP contribution in [0.2, 0.25) is 10.0 Å². The van der Waals surface area contributed by atoms with Crippen LogP contribution in [0.25, 0.3) is 0 Å². The van der Waals surface area contributed by atoms with Crippen LogP contribution in [0.1, 0.15) is 22.8 Å². The van der Waals surface area contributed by atoms with E-state index in [-0.39, 0.29) is 21.3 Å². The maximum atomic E-state index is 12.2. The van der Waals surface area contributed by atoms with Gasteiger partial charge in [0.2, 0.25) is 0 Å². The minimum absolute atomic E-state index is 0.105. The molecule has 2 aromatic carbocycles. The average molecular weight is 397 g/mol. The Morgan fingerprint density at radius 1 is 1.23 bits per heavy atom. The van der Waals surface area contributed by atoms with Crippen molar-refractivity contribution in [3.05, 3.63) is 67.7 Å². The molecule has 0 aromatic heterocycles. The fraction of sp³-hybridized carbons (Fsp3) is 0.176. The molecule has 26 heavy (non-hydrogen) atoms. The topological polar surface area (TPSA) is 98.5 Å². The van der Waals surface area contributed by atoms with E-state index in [0.29, 0.717) is 11.3 Å². The molecular formula is C17H14Cl2N2O5. The van der Waals surface area contributed by atoms with E-state index in [1.54, 1.807) is 18.2 Å². The number of amides is 1. The Morgan fingerprint density at radius 2 is 1.92 bits per heavy atom. The second-order valence-corrected chi connectivity index (χ2v) is 6.18. The van der Waals surface area contributed by atoms with Crippen molar-refractivity contribution in [1.29, 1.82) is 0 Å². The normalized spacial score (nSPS) is 11.5. The van der Waals surface area contributed by atoms with Crippen LogP contribution >= 0.6 is 23.2 Å². The minimum Gasteiger partial charge on any atom is -0.449 e. The molecule has 0 aliphatic rings. The van der Waals surface area contributed by atoms with Crippen molar-refractivity contribution < 1.29 is 19.2 Å². The number of ether oxygens (including phenoxy) is 1. The lowest BCUT2D eigenvalue weighted by Crippen LogP contribution is -2.30. The maximum Gasteiger partial charge on any atom is 0.338 e. The lowest BCUT2D eigenvalue weighted by atomic mass is 10.1. The zero-order valence-electron chi connectivity index (χ0n) is 13.8. The summed E-state index contributed by atoms with van der Waals surface area (Å²) in [4.78, 5) is 34.6. The van der Waals surface area contributed by atoms with Crippen LogP contribution in [-0.4, -0.2) is 22.9 Å². The molecule has 2 rings (SSSR count). The van der Waals surface area contributed by atoms with E-state index in [0.717, 1.165) is 0 Å². The summed E-state index contributed by atoms with van der Waals surface area (Å²) in [6.45, 7) is 2.90. The summed E-state index contributed by atoms with van der Waals surface area (Å²) in [5.74, 6) is -1.37. The second kappa shape index (κ2) is 8.16. The van der Waals surface area contributed by atoms with E-state index in [1.165, 1.54) is 32.0 Å². The number of hydrogen-bond acceptors (Lipinski definition) is 5. The van der Waals surface area contributed by atoms with E-state index < -0.39 is 22.9 Å². The molecule has 1 atom stereocenters. The van der Waals surface area contributed by atoms with Crippen LogP contribution in [0, 0.1) is 17.0 Å². The van der Waals surface area contributed by atoms with Crippen molar-refractivity contribution in [3.8, 4) is 0 Å². The van der Waals surface area contributed by atoms with E-state index in [4.69, 9.17) is 27.9 Å². The van der Waals surface area contributed by atoms with Crippen molar-refractivity contribution in [1.82, 2.24) is 0 Å². The molecule has 136 valence electrons. The molecule has 0 radical (unpaired) electrons. The van der Waals surface area contributed by atoms with Gasteiger partial charge in [0.1, 0.15) is 0 Å². The third kappa shape index (κ3) is 4.50. The van der Waals surface area contributed by atoms with Crippen molar-refractivity contribution in [2.75, 3.05) is 5.32 Å². The predicted octanol–water partition coefficient (Wildman–Crippen LogP) is 4.39. The first-order chi connectivity index (χ1) is 12.2. The SMILES string of the molecule is Cc1cc(C(=O)OC(C)C(=O)Nc2cccc(Cl)c2Cl)ccc1[N+](=O)[O-]. The number of nitrogens with zero attached hydrogens (tertiary/aromatic N) is 1. The summed E-state index contributed by atoms with van der Waals surface area (Å²) < 4.78 is 5.10. The minimum atomic E-state index is -1.12. The Bertz CT molecular complexity index is 885. The average Bonchev–Trinajstić information content (AvgIpc) is 2.58. The molecule has 1 amide bonds. The van der Waals surface area contributed by atoms with Crippen LogP contribution in [0.4, 0.5) is 11.4 Å². The van der Waals surface area contributed by atoms with Gasteiger partial charge in [-0.05, 0) is 38.1 Å². The van der Waals surface area contributed by atoms with Gasteiger partial charge in [0.05, 0.1) is 26.2 Å². The quantitative estimate of drug-likeness (QED) is 0.458. The van der Waals surface area contributed by atoms with Crippen molar-refractivity contribution in [3.63, 3.8) is 0 Å². The van der Waals surface area contributed by atoms with Crippen LogP contribution in [0.3, 0.4) is 0 Å². The number of hydrogen-bond donors (Lipinski definition) is 1. The van der Waals surface area contributed by atoms with E-state index >= 15 is 0 Å². The molecule has 2 aromatic rings. The first-order valence-corrected chi connectivity index (χ1v) is 8.17. The highest BCUT2D eigenvalue weighted by Crippen LogP contribution is 2.29. The zero-order valence-corrected chi connectivity index (χ0v) is 15.3. The number of rotatable bonds is 5. The van der Waals surface area contributed by atoms with E-state index in [1.807, 2.05) is 0 Å². The van der Waals surface area contributed by atoms with Crippen LogP contribution < -0.4 is 5.32 Å². The number of nitro groups is 1. The van der Waals surface area contributed by atoms with Gasteiger partial charge in [-0.2, -0.15) is 0 Å². The molecule has 0 saturated carbocycles. The molecule has 0 aliphatic carbocycles. The van der Waals surface area contributed by atoms with Gasteiger partial charge < -0.3 is 10.1 Å². The molecule has 0 heterocycles. The Kier molecular flexibility index (Phi) is 6.18. The largest absolute Gasteiger partial charge is 0.449 e. The number of nitro benzene ring substituents is 1. The van der Waals surface area contributed by atoms with E-state index in [2.05, 4.69) is 5.32 Å². The summed E-state index contributed by atoms with van der Waals surface area (Å²) in [5, 5.41) is 13.8. The highest BCUT2D eigenvalue weighted by atomic mass is 35.5. The van der Waals surface area contributed by atoms with Crippen LogP contribution in [-0.2, 0) is 9.53 Å². The summed E-state index contributed by atoms with van der Waals surface area (Å²) >= 11 is 11.9. The molecule has 0 bridgehead atoms. The number of nitrogens with one attached hydrogen (secondary N) is 1. The lowest BCUT2D eigenvalue weighted by molar-refractivity contribution is -0.385. The van der Waals surface area contributed by atoms with Crippen molar-refractivity contribution >= 4 is 46.5 Å². The Hall–Kier alpha value is -2.64. The third-order valence-electron chi connectivity index (χ3n) is 3.49. The smallest absolute Gasteiger partial charge is 0.338 e. The fourth-order valence-electron chi connectivity index (χ4n) is 2.10. The molecule has 0 spiro atoms. The van der Waals surface area contributed by atoms with Gasteiger partial charge in [-0.3, -0.25) is 14.9 Å². The molecule has 7 nitrogen and oxygen atoms in total. The number of halogens is 2.